The predicted molar refractivity (Wildman–Crippen MR) is 112 cm³/mol. The fourth-order valence-electron chi connectivity index (χ4n) is 3.76. The molecule has 1 aliphatic heterocycles. The number of carbonyl (C=O) groups is 2. The summed E-state index contributed by atoms with van der Waals surface area (Å²) in [6.07, 6.45) is 0.834. The van der Waals surface area contributed by atoms with Crippen molar-refractivity contribution < 1.29 is 19.1 Å². The standard InChI is InChI=1S/C22H29FN4O3/c1-13-7-8-14(15(23)11-13)19-24-17(16-12-26(5)9-6-10-27(16)19)20(28)25-18(21(29)30)22(2,3)4/h7-8,11,18H,6,9-10,12H2,1-5H3,(H,25,28)(H,29,30)/t18-/m1/s1. The highest BCUT2D eigenvalue weighted by atomic mass is 19.1. The lowest BCUT2D eigenvalue weighted by molar-refractivity contribution is -0.142. The molecule has 1 aromatic heterocycles. The zero-order valence-electron chi connectivity index (χ0n) is 18.1. The number of halogens is 1. The molecule has 1 atom stereocenters. The number of aryl methyl sites for hydroxylation is 1. The number of carboxylic acid groups (broad SMARTS) is 1. The second-order valence-corrected chi connectivity index (χ2v) is 9.07. The molecule has 2 heterocycles. The quantitative estimate of drug-likeness (QED) is 0.800. The molecule has 3 rings (SSSR count). The first-order valence-electron chi connectivity index (χ1n) is 10.1. The van der Waals surface area contributed by atoms with Crippen LogP contribution in [0.15, 0.2) is 18.2 Å². The Morgan fingerprint density at radius 3 is 2.57 bits per heavy atom. The Kier molecular flexibility index (Phi) is 5.99. The van der Waals surface area contributed by atoms with Crippen molar-refractivity contribution in [2.24, 2.45) is 5.41 Å². The van der Waals surface area contributed by atoms with Crippen LogP contribution in [-0.4, -0.2) is 51.1 Å². The van der Waals surface area contributed by atoms with Crippen molar-refractivity contribution in [3.05, 3.63) is 41.0 Å². The number of carbonyl (C=O) groups excluding carboxylic acids is 1. The molecule has 30 heavy (non-hydrogen) atoms. The highest BCUT2D eigenvalue weighted by Gasteiger charge is 2.35. The van der Waals surface area contributed by atoms with Gasteiger partial charge in [-0.1, -0.05) is 26.8 Å². The van der Waals surface area contributed by atoms with Gasteiger partial charge in [-0.3, -0.25) is 4.79 Å². The van der Waals surface area contributed by atoms with E-state index in [1.165, 1.54) is 6.07 Å². The van der Waals surface area contributed by atoms with Gasteiger partial charge in [0.05, 0.1) is 11.3 Å². The summed E-state index contributed by atoms with van der Waals surface area (Å²) in [7, 11) is 1.95. The van der Waals surface area contributed by atoms with E-state index in [2.05, 4.69) is 15.2 Å². The van der Waals surface area contributed by atoms with Crippen LogP contribution in [-0.2, 0) is 17.9 Å². The molecule has 0 aliphatic carbocycles. The number of nitrogens with one attached hydrogen (secondary N) is 1. The first-order valence-corrected chi connectivity index (χ1v) is 10.1. The monoisotopic (exact) mass is 416 g/mol. The third-order valence-electron chi connectivity index (χ3n) is 5.38. The van der Waals surface area contributed by atoms with E-state index >= 15 is 0 Å². The third kappa shape index (κ3) is 4.38. The van der Waals surface area contributed by atoms with Crippen molar-refractivity contribution in [1.29, 1.82) is 0 Å². The number of fused-ring (bicyclic) bond motifs is 1. The molecule has 7 nitrogen and oxygen atoms in total. The minimum atomic E-state index is -1.11. The third-order valence-corrected chi connectivity index (χ3v) is 5.38. The summed E-state index contributed by atoms with van der Waals surface area (Å²) in [5.74, 6) is -1.67. The summed E-state index contributed by atoms with van der Waals surface area (Å²) < 4.78 is 16.6. The lowest BCUT2D eigenvalue weighted by atomic mass is 9.86. The van der Waals surface area contributed by atoms with Crippen LogP contribution in [0, 0.1) is 18.2 Å². The molecule has 2 aromatic rings. The number of hydrogen-bond donors (Lipinski definition) is 2. The van der Waals surface area contributed by atoms with Gasteiger partial charge in [-0.05, 0) is 50.0 Å². The van der Waals surface area contributed by atoms with Crippen LogP contribution in [0.5, 0.6) is 0 Å². The maximum atomic E-state index is 14.7. The van der Waals surface area contributed by atoms with Crippen LogP contribution >= 0.6 is 0 Å². The number of imidazole rings is 1. The van der Waals surface area contributed by atoms with E-state index in [0.29, 0.717) is 30.2 Å². The van der Waals surface area contributed by atoms with E-state index in [1.807, 2.05) is 24.6 Å². The largest absolute Gasteiger partial charge is 0.480 e. The van der Waals surface area contributed by atoms with E-state index in [4.69, 9.17) is 0 Å². The Morgan fingerprint density at radius 1 is 1.27 bits per heavy atom. The number of benzene rings is 1. The van der Waals surface area contributed by atoms with Gasteiger partial charge in [0.1, 0.15) is 17.7 Å². The van der Waals surface area contributed by atoms with E-state index in [9.17, 15) is 19.1 Å². The zero-order valence-corrected chi connectivity index (χ0v) is 18.1. The van der Waals surface area contributed by atoms with Gasteiger partial charge >= 0.3 is 5.97 Å². The van der Waals surface area contributed by atoms with Crippen LogP contribution in [0.2, 0.25) is 0 Å². The van der Waals surface area contributed by atoms with Crippen LogP contribution in [0.25, 0.3) is 11.4 Å². The van der Waals surface area contributed by atoms with Gasteiger partial charge in [-0.15, -0.1) is 0 Å². The van der Waals surface area contributed by atoms with Crippen LogP contribution in [0.1, 0.15) is 48.9 Å². The van der Waals surface area contributed by atoms with Gasteiger partial charge in [0.15, 0.2) is 5.69 Å². The average Bonchev–Trinajstić information content (AvgIpc) is 2.84. The lowest BCUT2D eigenvalue weighted by Crippen LogP contribution is -2.49. The Bertz CT molecular complexity index is 977. The minimum absolute atomic E-state index is 0.147. The number of aromatic nitrogens is 2. The van der Waals surface area contributed by atoms with Gasteiger partial charge in [0, 0.05) is 13.1 Å². The van der Waals surface area contributed by atoms with E-state index < -0.39 is 29.2 Å². The molecule has 162 valence electrons. The van der Waals surface area contributed by atoms with Gasteiger partial charge in [0.25, 0.3) is 5.91 Å². The number of aliphatic carboxylic acids is 1. The molecule has 0 bridgehead atoms. The molecule has 2 N–H and O–H groups in total. The van der Waals surface area contributed by atoms with Gasteiger partial charge in [-0.25, -0.2) is 14.2 Å². The molecule has 1 aromatic carbocycles. The highest BCUT2D eigenvalue weighted by molar-refractivity contribution is 5.97. The highest BCUT2D eigenvalue weighted by Crippen LogP contribution is 2.29. The van der Waals surface area contributed by atoms with Gasteiger partial charge < -0.3 is 19.9 Å². The molecule has 1 amide bonds. The van der Waals surface area contributed by atoms with Crippen molar-refractivity contribution in [3.63, 3.8) is 0 Å². The molecular weight excluding hydrogens is 387 g/mol. The smallest absolute Gasteiger partial charge is 0.326 e. The number of nitrogens with zero attached hydrogens (tertiary/aromatic N) is 3. The van der Waals surface area contributed by atoms with E-state index in [-0.39, 0.29) is 5.69 Å². The fraction of sp³-hybridized carbons (Fsp3) is 0.500. The minimum Gasteiger partial charge on any atom is -0.480 e. The average molecular weight is 416 g/mol. The molecule has 8 heteroatoms. The number of carboxylic acids is 1. The van der Waals surface area contributed by atoms with E-state index in [1.54, 1.807) is 26.8 Å². The molecule has 0 radical (unpaired) electrons. The fourth-order valence-corrected chi connectivity index (χ4v) is 3.76. The Hall–Kier alpha value is -2.74. The van der Waals surface area contributed by atoms with Gasteiger partial charge in [-0.2, -0.15) is 0 Å². The Labute approximate surface area is 175 Å². The van der Waals surface area contributed by atoms with E-state index in [0.717, 1.165) is 18.5 Å². The van der Waals surface area contributed by atoms with Crippen LogP contribution < -0.4 is 5.32 Å². The Balaban J connectivity index is 2.09. The summed E-state index contributed by atoms with van der Waals surface area (Å²) in [6, 6.07) is 3.85. The van der Waals surface area contributed by atoms with Crippen molar-refractivity contribution in [2.75, 3.05) is 13.6 Å². The van der Waals surface area contributed by atoms with Crippen molar-refractivity contribution in [1.82, 2.24) is 19.8 Å². The topological polar surface area (TPSA) is 87.5 Å². The predicted octanol–water partition coefficient (Wildman–Crippen LogP) is 3.06. The second kappa shape index (κ2) is 8.18. The molecule has 0 spiro atoms. The summed E-state index contributed by atoms with van der Waals surface area (Å²) in [4.78, 5) is 31.4. The molecule has 0 saturated carbocycles. The lowest BCUT2D eigenvalue weighted by Gasteiger charge is -2.27. The number of amides is 1. The van der Waals surface area contributed by atoms with Crippen molar-refractivity contribution >= 4 is 11.9 Å². The van der Waals surface area contributed by atoms with Crippen LogP contribution in [0.3, 0.4) is 0 Å². The normalized spacial score (nSPS) is 15.9. The number of hydrogen-bond acceptors (Lipinski definition) is 4. The summed E-state index contributed by atoms with van der Waals surface area (Å²) in [6.45, 7) is 8.96. The molecule has 0 saturated heterocycles. The molecular formula is C22H29FN4O3. The Morgan fingerprint density at radius 2 is 1.97 bits per heavy atom. The van der Waals surface area contributed by atoms with Gasteiger partial charge in [0.2, 0.25) is 0 Å². The summed E-state index contributed by atoms with van der Waals surface area (Å²) >= 11 is 0. The molecule has 0 fully saturated rings. The molecule has 0 unspecified atom stereocenters. The first-order chi connectivity index (χ1) is 14.0. The number of rotatable bonds is 4. The zero-order chi connectivity index (χ0) is 22.2. The summed E-state index contributed by atoms with van der Waals surface area (Å²) in [5, 5.41) is 12.2. The van der Waals surface area contributed by atoms with Crippen molar-refractivity contribution in [3.8, 4) is 11.4 Å². The maximum Gasteiger partial charge on any atom is 0.326 e. The SMILES string of the molecule is Cc1ccc(-c2nc(C(=O)N[C@H](C(=O)O)C(C)(C)C)c3n2CCCN(C)C3)c(F)c1. The second-order valence-electron chi connectivity index (χ2n) is 9.07. The summed E-state index contributed by atoms with van der Waals surface area (Å²) in [5.41, 5.74) is 1.26. The van der Waals surface area contributed by atoms with Crippen LogP contribution in [0.4, 0.5) is 4.39 Å². The van der Waals surface area contributed by atoms with Crippen molar-refractivity contribution in [2.45, 2.75) is 53.2 Å². The molecule has 1 aliphatic rings. The maximum absolute atomic E-state index is 14.7. The first kappa shape index (κ1) is 22.0.